The summed E-state index contributed by atoms with van der Waals surface area (Å²) in [6, 6.07) is 9.55. The lowest BCUT2D eigenvalue weighted by atomic mass is 9.91. The molecule has 0 bridgehead atoms. The number of carbonyl (C=O) groups excluding carboxylic acids is 1. The fourth-order valence-electron chi connectivity index (χ4n) is 2.45. The Morgan fingerprint density at radius 2 is 2.00 bits per heavy atom. The van der Waals surface area contributed by atoms with Gasteiger partial charge in [-0.15, -0.1) is 11.3 Å². The van der Waals surface area contributed by atoms with E-state index in [1.165, 1.54) is 11.3 Å². The van der Waals surface area contributed by atoms with Crippen molar-refractivity contribution >= 4 is 62.1 Å². The number of benzene rings is 1. The number of halogens is 3. The van der Waals surface area contributed by atoms with E-state index < -0.39 is 0 Å². The molecule has 1 amide bonds. The first-order chi connectivity index (χ1) is 11.1. The van der Waals surface area contributed by atoms with Crippen LogP contribution in [0, 0.1) is 0 Å². The van der Waals surface area contributed by atoms with Gasteiger partial charge in [-0.3, -0.25) is 4.79 Å². The second-order valence-electron chi connectivity index (χ2n) is 5.06. The molecule has 23 heavy (non-hydrogen) atoms. The van der Waals surface area contributed by atoms with Crippen LogP contribution in [-0.4, -0.2) is 5.91 Å². The summed E-state index contributed by atoms with van der Waals surface area (Å²) < 4.78 is 0.822. The highest BCUT2D eigenvalue weighted by Crippen LogP contribution is 2.37. The van der Waals surface area contributed by atoms with Crippen LogP contribution in [0.2, 0.25) is 0 Å². The van der Waals surface area contributed by atoms with E-state index in [0.29, 0.717) is 15.6 Å². The van der Waals surface area contributed by atoms with Crippen LogP contribution in [0.4, 0.5) is 5.69 Å². The molecule has 1 aromatic carbocycles. The first kappa shape index (κ1) is 16.8. The van der Waals surface area contributed by atoms with Crippen LogP contribution in [0.3, 0.4) is 0 Å². The van der Waals surface area contributed by atoms with Crippen LogP contribution >= 0.6 is 50.5 Å². The quantitative estimate of drug-likeness (QED) is 0.594. The Hall–Kier alpha value is -1.07. The second kappa shape index (κ2) is 7.22. The first-order valence-electron chi connectivity index (χ1n) is 6.93. The van der Waals surface area contributed by atoms with Crippen LogP contribution in [0.5, 0.6) is 0 Å². The fourth-order valence-corrected chi connectivity index (χ4v) is 4.08. The molecule has 2 nitrogen and oxygen atoms in total. The van der Waals surface area contributed by atoms with Crippen LogP contribution in [0.1, 0.15) is 28.3 Å². The number of anilines is 1. The molecule has 1 aliphatic carbocycles. The van der Waals surface area contributed by atoms with Gasteiger partial charge in [0.1, 0.15) is 0 Å². The molecule has 0 spiro atoms. The molecular weight excluding hydrogens is 417 g/mol. The summed E-state index contributed by atoms with van der Waals surface area (Å²) in [6.45, 7) is 0. The maximum Gasteiger partial charge on any atom is 0.257 e. The van der Waals surface area contributed by atoms with E-state index in [4.69, 9.17) is 23.2 Å². The maximum absolute atomic E-state index is 12.4. The normalized spacial score (nSPS) is 17.4. The van der Waals surface area contributed by atoms with Gasteiger partial charge >= 0.3 is 0 Å². The third-order valence-electron chi connectivity index (χ3n) is 3.60. The van der Waals surface area contributed by atoms with E-state index in [1.54, 1.807) is 6.07 Å². The molecular formula is C17H12BrCl2NOS. The van der Waals surface area contributed by atoms with Crippen molar-refractivity contribution in [3.63, 3.8) is 0 Å². The molecule has 6 heteroatoms. The van der Waals surface area contributed by atoms with Crippen molar-refractivity contribution in [2.75, 3.05) is 5.32 Å². The third-order valence-corrected chi connectivity index (χ3v) is 6.07. The molecule has 1 atom stereocenters. The summed E-state index contributed by atoms with van der Waals surface area (Å²) in [6.07, 6.45) is 4.59. The molecule has 3 rings (SSSR count). The largest absolute Gasteiger partial charge is 0.322 e. The van der Waals surface area contributed by atoms with Crippen molar-refractivity contribution in [2.24, 2.45) is 0 Å². The molecule has 0 aliphatic heterocycles. The zero-order valence-corrected chi connectivity index (χ0v) is 15.8. The van der Waals surface area contributed by atoms with Gasteiger partial charge in [-0.25, -0.2) is 0 Å². The van der Waals surface area contributed by atoms with Crippen molar-refractivity contribution in [1.82, 2.24) is 0 Å². The molecule has 118 valence electrons. The topological polar surface area (TPSA) is 29.1 Å². The molecule has 1 N–H and O–H groups in total. The number of para-hydroxylation sites is 1. The Labute approximate surface area is 156 Å². The van der Waals surface area contributed by atoms with Gasteiger partial charge in [0.15, 0.2) is 0 Å². The summed E-state index contributed by atoms with van der Waals surface area (Å²) in [7, 11) is 0. The number of rotatable bonds is 3. The Morgan fingerprint density at radius 1 is 1.22 bits per heavy atom. The molecule has 1 aromatic heterocycles. The average Bonchev–Trinajstić information content (AvgIpc) is 2.97. The molecule has 0 saturated heterocycles. The van der Waals surface area contributed by atoms with Crippen molar-refractivity contribution in [1.29, 1.82) is 0 Å². The molecule has 0 radical (unpaired) electrons. The molecule has 1 aliphatic rings. The van der Waals surface area contributed by atoms with E-state index in [0.717, 1.165) is 21.5 Å². The van der Waals surface area contributed by atoms with Gasteiger partial charge < -0.3 is 5.32 Å². The minimum Gasteiger partial charge on any atom is -0.322 e. The van der Waals surface area contributed by atoms with E-state index in [-0.39, 0.29) is 11.8 Å². The molecule has 2 aromatic rings. The number of carbonyl (C=O) groups is 1. The Bertz CT molecular complexity index is 812. The molecule has 1 unspecified atom stereocenters. The second-order valence-corrected chi connectivity index (χ2v) is 8.11. The standard InChI is InChI=1S/C17H12BrCl2NOS/c18-16-12(7-8-23-16)17(22)21-15-4-2-1-3-11(15)10-5-6-13(19)14(20)9-10/h1-4,6-10H,5H2,(H,21,22). The van der Waals surface area contributed by atoms with Crippen molar-refractivity contribution in [2.45, 2.75) is 12.3 Å². The van der Waals surface area contributed by atoms with E-state index in [2.05, 4.69) is 21.2 Å². The first-order valence-corrected chi connectivity index (χ1v) is 9.35. The third kappa shape index (κ3) is 3.72. The van der Waals surface area contributed by atoms with E-state index >= 15 is 0 Å². The predicted octanol–water partition coefficient (Wildman–Crippen LogP) is 6.50. The van der Waals surface area contributed by atoms with Gasteiger partial charge in [0, 0.05) is 11.6 Å². The summed E-state index contributed by atoms with van der Waals surface area (Å²) in [4.78, 5) is 12.4. The van der Waals surface area contributed by atoms with Crippen LogP contribution in [0.15, 0.2) is 61.7 Å². The highest BCUT2D eigenvalue weighted by molar-refractivity contribution is 9.11. The lowest BCUT2D eigenvalue weighted by molar-refractivity contribution is 0.102. The molecule has 1 heterocycles. The van der Waals surface area contributed by atoms with Crippen molar-refractivity contribution < 1.29 is 4.79 Å². The fraction of sp³-hybridized carbons (Fsp3) is 0.118. The number of hydrogen-bond acceptors (Lipinski definition) is 2. The van der Waals surface area contributed by atoms with Crippen molar-refractivity contribution in [3.8, 4) is 0 Å². The predicted molar refractivity (Wildman–Crippen MR) is 102 cm³/mol. The number of amides is 1. The summed E-state index contributed by atoms with van der Waals surface area (Å²) in [5, 5.41) is 5.99. The highest BCUT2D eigenvalue weighted by atomic mass is 79.9. The van der Waals surface area contributed by atoms with Crippen LogP contribution < -0.4 is 5.32 Å². The van der Waals surface area contributed by atoms with Gasteiger partial charge in [0.25, 0.3) is 5.91 Å². The summed E-state index contributed by atoms with van der Waals surface area (Å²) >= 11 is 17.0. The average molecular weight is 429 g/mol. The summed E-state index contributed by atoms with van der Waals surface area (Å²) in [5.74, 6) is -0.0440. The molecule has 0 fully saturated rings. The van der Waals surface area contributed by atoms with Crippen LogP contribution in [0.25, 0.3) is 0 Å². The Morgan fingerprint density at radius 3 is 2.70 bits per heavy atom. The smallest absolute Gasteiger partial charge is 0.257 e. The lowest BCUT2D eigenvalue weighted by Crippen LogP contribution is -2.14. The van der Waals surface area contributed by atoms with E-state index in [9.17, 15) is 4.79 Å². The minimum absolute atomic E-state index is 0.0902. The number of thiophene rings is 1. The summed E-state index contributed by atoms with van der Waals surface area (Å²) in [5.41, 5.74) is 2.43. The number of nitrogens with one attached hydrogen (secondary N) is 1. The highest BCUT2D eigenvalue weighted by Gasteiger charge is 2.19. The monoisotopic (exact) mass is 427 g/mol. The van der Waals surface area contributed by atoms with Gasteiger partial charge in [-0.2, -0.15) is 0 Å². The van der Waals surface area contributed by atoms with E-state index in [1.807, 2.05) is 41.8 Å². The van der Waals surface area contributed by atoms with Gasteiger partial charge in [-0.05, 0) is 45.4 Å². The zero-order valence-electron chi connectivity index (χ0n) is 11.9. The van der Waals surface area contributed by atoms with Gasteiger partial charge in [0.2, 0.25) is 0 Å². The van der Waals surface area contributed by atoms with Crippen LogP contribution in [-0.2, 0) is 0 Å². The number of hydrogen-bond donors (Lipinski definition) is 1. The Kier molecular flexibility index (Phi) is 5.27. The van der Waals surface area contributed by atoms with Gasteiger partial charge in [0.05, 0.1) is 19.4 Å². The Balaban J connectivity index is 1.87. The SMILES string of the molecule is O=C(Nc1ccccc1C1C=C(Cl)C(Cl)=CC1)c1ccsc1Br. The van der Waals surface area contributed by atoms with Crippen molar-refractivity contribution in [3.05, 3.63) is 72.8 Å². The van der Waals surface area contributed by atoms with Gasteiger partial charge in [-0.1, -0.05) is 53.6 Å². The lowest BCUT2D eigenvalue weighted by Gasteiger charge is -2.20. The minimum atomic E-state index is -0.134. The maximum atomic E-state index is 12.4. The zero-order chi connectivity index (χ0) is 16.4. The molecule has 0 saturated carbocycles. The number of allylic oxidation sites excluding steroid dienone is 4.